The number of nitrogens with zero attached hydrogens (tertiary/aromatic N) is 4. The standard InChI is InChI=1S/C21H31N5O2/c1-14(2)13-18(22)21(27)26-11-9-25(10-12-26)16(4)20-23-19(24-28-20)17-7-5-15(3)6-8-17/h5-8,14,16,18H,9-13,22H2,1-4H3/t16?,18-/m0/s1. The van der Waals surface area contributed by atoms with Crippen LogP contribution in [-0.4, -0.2) is 58.1 Å². The van der Waals surface area contributed by atoms with Gasteiger partial charge in [0, 0.05) is 31.7 Å². The van der Waals surface area contributed by atoms with Gasteiger partial charge in [-0.1, -0.05) is 48.8 Å². The maximum Gasteiger partial charge on any atom is 0.244 e. The number of carbonyl (C=O) groups excluding carboxylic acids is 1. The highest BCUT2D eigenvalue weighted by Gasteiger charge is 2.29. The molecule has 0 spiro atoms. The molecule has 2 heterocycles. The highest BCUT2D eigenvalue weighted by Crippen LogP contribution is 2.24. The first-order chi connectivity index (χ1) is 13.3. The van der Waals surface area contributed by atoms with E-state index in [4.69, 9.17) is 10.3 Å². The molecule has 1 fully saturated rings. The lowest BCUT2D eigenvalue weighted by molar-refractivity contribution is -0.135. The van der Waals surface area contributed by atoms with E-state index < -0.39 is 6.04 Å². The van der Waals surface area contributed by atoms with Crippen molar-refractivity contribution in [2.45, 2.75) is 46.2 Å². The third-order valence-corrected chi connectivity index (χ3v) is 5.33. The Hall–Kier alpha value is -2.25. The van der Waals surface area contributed by atoms with E-state index in [-0.39, 0.29) is 11.9 Å². The number of piperazine rings is 1. The average molecular weight is 386 g/mol. The van der Waals surface area contributed by atoms with Crippen molar-refractivity contribution in [1.29, 1.82) is 0 Å². The van der Waals surface area contributed by atoms with Crippen molar-refractivity contribution >= 4 is 5.91 Å². The Morgan fingerprint density at radius 3 is 2.39 bits per heavy atom. The van der Waals surface area contributed by atoms with Gasteiger partial charge in [0.1, 0.15) is 0 Å². The van der Waals surface area contributed by atoms with Crippen molar-refractivity contribution in [1.82, 2.24) is 19.9 Å². The lowest BCUT2D eigenvalue weighted by Crippen LogP contribution is -2.53. The monoisotopic (exact) mass is 385 g/mol. The maximum absolute atomic E-state index is 12.5. The topological polar surface area (TPSA) is 88.5 Å². The molecule has 0 radical (unpaired) electrons. The molecule has 7 nitrogen and oxygen atoms in total. The van der Waals surface area contributed by atoms with Gasteiger partial charge in [0.05, 0.1) is 12.1 Å². The summed E-state index contributed by atoms with van der Waals surface area (Å²) in [4.78, 5) is 21.2. The summed E-state index contributed by atoms with van der Waals surface area (Å²) in [5.41, 5.74) is 8.21. The van der Waals surface area contributed by atoms with E-state index in [1.54, 1.807) is 0 Å². The molecule has 3 rings (SSSR count). The summed E-state index contributed by atoms with van der Waals surface area (Å²) in [5, 5.41) is 4.13. The molecule has 2 N–H and O–H groups in total. The highest BCUT2D eigenvalue weighted by atomic mass is 16.5. The number of rotatable bonds is 6. The van der Waals surface area contributed by atoms with E-state index in [1.165, 1.54) is 5.56 Å². The number of carbonyl (C=O) groups is 1. The van der Waals surface area contributed by atoms with Crippen LogP contribution in [0.15, 0.2) is 28.8 Å². The SMILES string of the molecule is Cc1ccc(-c2noc(C(C)N3CCN(C(=O)[C@@H](N)CC(C)C)CC3)n2)cc1. The van der Waals surface area contributed by atoms with Crippen LogP contribution >= 0.6 is 0 Å². The zero-order chi connectivity index (χ0) is 20.3. The number of nitrogens with two attached hydrogens (primary N) is 1. The van der Waals surface area contributed by atoms with Crippen molar-refractivity contribution in [2.75, 3.05) is 26.2 Å². The van der Waals surface area contributed by atoms with E-state index in [0.717, 1.165) is 25.1 Å². The van der Waals surface area contributed by atoms with Gasteiger partial charge >= 0.3 is 0 Å². The predicted octanol–water partition coefficient (Wildman–Crippen LogP) is 2.62. The third kappa shape index (κ3) is 4.77. The number of hydrogen-bond acceptors (Lipinski definition) is 6. The molecule has 1 aromatic heterocycles. The Balaban J connectivity index is 1.57. The molecule has 2 atom stereocenters. The molecular weight excluding hydrogens is 354 g/mol. The Kier molecular flexibility index (Phi) is 6.46. The van der Waals surface area contributed by atoms with Crippen molar-refractivity contribution in [3.63, 3.8) is 0 Å². The first-order valence-electron chi connectivity index (χ1n) is 10.0. The largest absolute Gasteiger partial charge is 0.339 e. The second kappa shape index (κ2) is 8.84. The Bertz CT molecular complexity index is 778. The Morgan fingerprint density at radius 2 is 1.79 bits per heavy atom. The lowest BCUT2D eigenvalue weighted by Gasteiger charge is -2.37. The molecule has 0 aliphatic carbocycles. The number of hydrogen-bond donors (Lipinski definition) is 1. The van der Waals surface area contributed by atoms with Crippen LogP contribution in [0.25, 0.3) is 11.4 Å². The molecule has 7 heteroatoms. The van der Waals surface area contributed by atoms with E-state index in [1.807, 2.05) is 36.1 Å². The lowest BCUT2D eigenvalue weighted by atomic mass is 10.0. The summed E-state index contributed by atoms with van der Waals surface area (Å²) in [7, 11) is 0. The fraction of sp³-hybridized carbons (Fsp3) is 0.571. The Morgan fingerprint density at radius 1 is 1.14 bits per heavy atom. The molecule has 1 aromatic carbocycles. The molecule has 0 saturated carbocycles. The number of benzene rings is 1. The first kappa shape index (κ1) is 20.5. The highest BCUT2D eigenvalue weighted by molar-refractivity contribution is 5.81. The first-order valence-corrected chi connectivity index (χ1v) is 10.0. The van der Waals surface area contributed by atoms with Gasteiger partial charge in [-0.25, -0.2) is 0 Å². The normalized spacial score (nSPS) is 17.7. The van der Waals surface area contributed by atoms with Crippen LogP contribution < -0.4 is 5.73 Å². The van der Waals surface area contributed by atoms with E-state index in [0.29, 0.717) is 30.7 Å². The number of aryl methyl sites for hydroxylation is 1. The van der Waals surface area contributed by atoms with Crippen LogP contribution in [0, 0.1) is 12.8 Å². The second-order valence-corrected chi connectivity index (χ2v) is 8.10. The van der Waals surface area contributed by atoms with Crippen LogP contribution in [0.4, 0.5) is 0 Å². The minimum atomic E-state index is -0.406. The smallest absolute Gasteiger partial charge is 0.244 e. The van der Waals surface area contributed by atoms with Gasteiger partial charge in [0.2, 0.25) is 17.6 Å². The maximum atomic E-state index is 12.5. The van der Waals surface area contributed by atoms with E-state index in [2.05, 4.69) is 35.8 Å². The summed E-state index contributed by atoms with van der Waals surface area (Å²) in [6, 6.07) is 7.67. The molecule has 28 heavy (non-hydrogen) atoms. The molecule has 1 saturated heterocycles. The van der Waals surface area contributed by atoms with Gasteiger partial charge in [-0.2, -0.15) is 4.98 Å². The molecule has 2 aromatic rings. The van der Waals surface area contributed by atoms with Crippen LogP contribution in [-0.2, 0) is 4.79 Å². The summed E-state index contributed by atoms with van der Waals surface area (Å²) in [6.45, 7) is 11.2. The molecule has 1 unspecified atom stereocenters. The van der Waals surface area contributed by atoms with Crippen LogP contribution in [0.1, 0.15) is 44.7 Å². The zero-order valence-corrected chi connectivity index (χ0v) is 17.3. The minimum Gasteiger partial charge on any atom is -0.339 e. The van der Waals surface area contributed by atoms with Gasteiger partial charge in [-0.05, 0) is 26.2 Å². The van der Waals surface area contributed by atoms with Crippen LogP contribution in [0.2, 0.25) is 0 Å². The average Bonchev–Trinajstić information content (AvgIpc) is 3.17. The van der Waals surface area contributed by atoms with Gasteiger partial charge in [0.15, 0.2) is 0 Å². The van der Waals surface area contributed by atoms with E-state index >= 15 is 0 Å². The zero-order valence-electron chi connectivity index (χ0n) is 17.3. The predicted molar refractivity (Wildman–Crippen MR) is 108 cm³/mol. The summed E-state index contributed by atoms with van der Waals surface area (Å²) < 4.78 is 5.52. The summed E-state index contributed by atoms with van der Waals surface area (Å²) >= 11 is 0. The molecule has 0 bridgehead atoms. The summed E-state index contributed by atoms with van der Waals surface area (Å²) in [5.74, 6) is 1.68. The van der Waals surface area contributed by atoms with Crippen LogP contribution in [0.3, 0.4) is 0 Å². The molecule has 1 amide bonds. The van der Waals surface area contributed by atoms with Gasteiger partial charge < -0.3 is 15.2 Å². The second-order valence-electron chi connectivity index (χ2n) is 8.10. The Labute approximate surface area is 166 Å². The quantitative estimate of drug-likeness (QED) is 0.822. The fourth-order valence-corrected chi connectivity index (χ4v) is 3.55. The molecule has 1 aliphatic heterocycles. The van der Waals surface area contributed by atoms with Crippen LogP contribution in [0.5, 0.6) is 0 Å². The third-order valence-electron chi connectivity index (χ3n) is 5.33. The van der Waals surface area contributed by atoms with Gasteiger partial charge in [-0.3, -0.25) is 9.69 Å². The molecule has 152 valence electrons. The van der Waals surface area contributed by atoms with Crippen molar-refractivity contribution in [3.8, 4) is 11.4 Å². The van der Waals surface area contributed by atoms with E-state index in [9.17, 15) is 4.79 Å². The molecular formula is C21H31N5O2. The summed E-state index contributed by atoms with van der Waals surface area (Å²) in [6.07, 6.45) is 0.721. The van der Waals surface area contributed by atoms with Gasteiger partial charge in [-0.15, -0.1) is 0 Å². The fourth-order valence-electron chi connectivity index (χ4n) is 3.55. The van der Waals surface area contributed by atoms with Gasteiger partial charge in [0.25, 0.3) is 0 Å². The van der Waals surface area contributed by atoms with Crippen molar-refractivity contribution in [2.24, 2.45) is 11.7 Å². The molecule has 1 aliphatic rings. The minimum absolute atomic E-state index is 0.00767. The van der Waals surface area contributed by atoms with Crippen molar-refractivity contribution < 1.29 is 9.32 Å². The number of aromatic nitrogens is 2. The van der Waals surface area contributed by atoms with Crippen molar-refractivity contribution in [3.05, 3.63) is 35.7 Å². The number of amides is 1.